The van der Waals surface area contributed by atoms with E-state index >= 15 is 0 Å². The summed E-state index contributed by atoms with van der Waals surface area (Å²) >= 11 is 5.76. The van der Waals surface area contributed by atoms with Gasteiger partial charge in [0.25, 0.3) is 0 Å². The summed E-state index contributed by atoms with van der Waals surface area (Å²) in [5.74, 6) is 2.12. The normalized spacial score (nSPS) is 14.5. The maximum Gasteiger partial charge on any atom is 0.218 e. The summed E-state index contributed by atoms with van der Waals surface area (Å²) < 4.78 is 0. The summed E-state index contributed by atoms with van der Waals surface area (Å²) in [7, 11) is 11.0. The number of guanidine groups is 14. The molecule has 0 saturated carbocycles. The van der Waals surface area contributed by atoms with E-state index in [9.17, 15) is 0 Å². The molecule has 2 aliphatic rings. The van der Waals surface area contributed by atoms with Crippen LogP contribution < -0.4 is 101 Å². The van der Waals surface area contributed by atoms with Crippen LogP contribution in [0.5, 0.6) is 0 Å². The van der Waals surface area contributed by atoms with Crippen LogP contribution in [0, 0.1) is 21.6 Å². The molecule has 0 unspecified atom stereocenters. The number of anilines is 1. The number of benzene rings is 2. The van der Waals surface area contributed by atoms with Gasteiger partial charge in [-0.1, -0.05) is 55.3 Å². The molecule has 0 saturated heterocycles. The van der Waals surface area contributed by atoms with Gasteiger partial charge in [-0.05, 0) is 70.4 Å². The Morgan fingerprint density at radius 3 is 1.47 bits per heavy atom. The minimum Gasteiger partial charge on any atom is -0.370 e. The Labute approximate surface area is 479 Å². The SMILES string of the molecule is CC(C)N=C(N)N=C(N)Nc1ccc(Cl)cc1.CCCCN=C(N)NC(=N)N.CN(C)C(N)=NC(=N)N.C[C@@H]1N=C(N)NC(N(C)C)=N1.C[C@H]1N=C(N)NC(N(C)C)=N1.N=C(N)NC(=N)N.NC(N)=NC(N)=NCCc1ccccc1. The van der Waals surface area contributed by atoms with Gasteiger partial charge in [0.2, 0.25) is 35.8 Å². The van der Waals surface area contributed by atoms with Crippen LogP contribution in [0.4, 0.5) is 5.69 Å². The smallest absolute Gasteiger partial charge is 0.218 e. The number of unbranched alkanes of at least 4 members (excludes halogenated alkanes) is 1. The topological polar surface area (TPSA) is 627 Å². The van der Waals surface area contributed by atoms with E-state index in [-0.39, 0.29) is 78.0 Å². The van der Waals surface area contributed by atoms with Crippen molar-refractivity contribution in [2.75, 3.05) is 60.7 Å². The fourth-order valence-electron chi connectivity index (χ4n) is 4.77. The molecule has 2 aromatic rings. The Kier molecular flexibility index (Phi) is 39.9. The van der Waals surface area contributed by atoms with E-state index < -0.39 is 0 Å². The highest BCUT2D eigenvalue weighted by molar-refractivity contribution is 6.30. The molecule has 2 atom stereocenters. The fourth-order valence-corrected chi connectivity index (χ4v) is 4.89. The number of hydrogen-bond acceptors (Lipinski definition) is 17. The second-order valence-corrected chi connectivity index (χ2v) is 17.3. The number of halogens is 1. The quantitative estimate of drug-likeness (QED) is 0.0697. The molecule has 2 aromatic carbocycles. The molecule has 2 heterocycles. The molecule has 452 valence electrons. The third-order valence-electron chi connectivity index (χ3n) is 8.12. The summed E-state index contributed by atoms with van der Waals surface area (Å²) in [6.45, 7) is 10.9. The van der Waals surface area contributed by atoms with Crippen molar-refractivity contribution in [1.82, 2.24) is 36.0 Å². The van der Waals surface area contributed by atoms with Crippen molar-refractivity contribution < 1.29 is 0 Å². The second kappa shape index (κ2) is 43.0. The van der Waals surface area contributed by atoms with Gasteiger partial charge in [0.05, 0.1) is 0 Å². The van der Waals surface area contributed by atoms with Crippen LogP contribution in [0.15, 0.2) is 105 Å². The van der Waals surface area contributed by atoms with Gasteiger partial charge in [0.1, 0.15) is 12.3 Å². The van der Waals surface area contributed by atoms with E-state index in [0.29, 0.717) is 30.0 Å². The Bertz CT molecular complexity index is 2440. The lowest BCUT2D eigenvalue weighted by Gasteiger charge is -2.21. The molecule has 0 amide bonds. The Hall–Kier alpha value is -10.1. The first-order valence-corrected chi connectivity index (χ1v) is 24.6. The van der Waals surface area contributed by atoms with E-state index in [1.165, 1.54) is 5.56 Å². The van der Waals surface area contributed by atoms with Crippen molar-refractivity contribution in [3.8, 4) is 0 Å². The second-order valence-electron chi connectivity index (χ2n) is 16.8. The predicted molar refractivity (Wildman–Crippen MR) is 337 cm³/mol. The molecular weight excluding hydrogens is 1070 g/mol. The highest BCUT2D eigenvalue weighted by Crippen LogP contribution is 2.13. The molecule has 0 aliphatic carbocycles. The Morgan fingerprint density at radius 1 is 0.630 bits per heavy atom. The number of nitrogens with zero attached hydrogens (tertiary/aromatic N) is 13. The Morgan fingerprint density at radius 2 is 1.11 bits per heavy atom. The highest BCUT2D eigenvalue weighted by Gasteiger charge is 2.12. The first-order chi connectivity index (χ1) is 37.7. The van der Waals surface area contributed by atoms with Crippen LogP contribution in [0.25, 0.3) is 0 Å². The molecule has 35 nitrogen and oxygen atoms in total. The molecule has 36 heteroatoms. The van der Waals surface area contributed by atoms with Crippen molar-refractivity contribution in [1.29, 1.82) is 21.6 Å². The van der Waals surface area contributed by atoms with E-state index in [1.807, 2.05) is 101 Å². The minimum atomic E-state index is -0.312. The van der Waals surface area contributed by atoms with Gasteiger partial charge in [0.15, 0.2) is 47.7 Å². The lowest BCUT2D eigenvalue weighted by atomic mass is 10.2. The zero-order valence-corrected chi connectivity index (χ0v) is 48.9. The summed E-state index contributed by atoms with van der Waals surface area (Å²) in [5, 5.41) is 40.1. The third-order valence-corrected chi connectivity index (χ3v) is 8.37. The van der Waals surface area contributed by atoms with Crippen LogP contribution in [-0.2, 0) is 6.42 Å². The van der Waals surface area contributed by atoms with Crippen LogP contribution in [0.3, 0.4) is 0 Å². The van der Waals surface area contributed by atoms with Crippen LogP contribution in [-0.4, -0.2) is 172 Å². The molecule has 0 fully saturated rings. The van der Waals surface area contributed by atoms with Gasteiger partial charge in [-0.2, -0.15) is 15.0 Å². The van der Waals surface area contributed by atoms with Gasteiger partial charge in [-0.3, -0.25) is 52.9 Å². The van der Waals surface area contributed by atoms with E-state index in [0.717, 1.165) is 36.9 Å². The van der Waals surface area contributed by atoms with Crippen LogP contribution >= 0.6 is 11.6 Å². The lowest BCUT2D eigenvalue weighted by molar-refractivity contribution is 0.581. The fraction of sp³-hybridized carbons (Fsp3) is 0.422. The number of rotatable bonds is 8. The van der Waals surface area contributed by atoms with E-state index in [2.05, 4.69) is 78.1 Å². The van der Waals surface area contributed by atoms with Gasteiger partial charge in [0, 0.05) is 72.1 Å². The maximum absolute atomic E-state index is 6.81. The van der Waals surface area contributed by atoms with Crippen molar-refractivity contribution in [2.24, 2.45) is 124 Å². The summed E-state index contributed by atoms with van der Waals surface area (Å²) in [5.41, 5.74) is 70.0. The first kappa shape index (κ1) is 75.1. The zero-order chi connectivity index (χ0) is 62.8. The largest absolute Gasteiger partial charge is 0.370 e. The Balaban J connectivity index is -0.000000891. The van der Waals surface area contributed by atoms with Crippen molar-refractivity contribution in [2.45, 2.75) is 72.3 Å². The summed E-state index contributed by atoms with van der Waals surface area (Å²) in [6.07, 6.45) is 2.75. The average Bonchev–Trinajstić information content (AvgIpc) is 3.32. The number of nitrogens with two attached hydrogens (primary N) is 13. The van der Waals surface area contributed by atoms with E-state index in [1.54, 1.807) is 43.3 Å². The van der Waals surface area contributed by atoms with Crippen molar-refractivity contribution >= 4 is 101 Å². The molecule has 0 bridgehead atoms. The maximum atomic E-state index is 6.81. The van der Waals surface area contributed by atoms with Gasteiger partial charge in [-0.25, -0.2) is 25.0 Å². The molecular formula is C45H90ClN35. The van der Waals surface area contributed by atoms with Crippen molar-refractivity contribution in [3.05, 3.63) is 65.2 Å². The summed E-state index contributed by atoms with van der Waals surface area (Å²) in [6, 6.07) is 17.2. The third kappa shape index (κ3) is 46.9. The predicted octanol–water partition coefficient (Wildman–Crippen LogP) is -3.35. The molecule has 2 aliphatic heterocycles. The van der Waals surface area contributed by atoms with Gasteiger partial charge in [-0.15, -0.1) is 0 Å². The van der Waals surface area contributed by atoms with Gasteiger partial charge < -0.3 is 94.6 Å². The van der Waals surface area contributed by atoms with Crippen molar-refractivity contribution in [3.63, 3.8) is 0 Å². The molecule has 81 heavy (non-hydrogen) atoms. The standard InChI is InChI=1S/C11H16ClN5.C10H15N5.2C6H13N5.C6H15N5.C4H11N5.C2H7N5/c1-7(2)15-10(13)17-11(14)16-9-5-3-8(12)4-6-9;11-9(12)15-10(13)14-7-6-8-4-2-1-3-5-8;2*1-4-8-5(7)10-6(9-4)11(2)3;1-2-3-4-10-6(9)11-5(7)8;1-9(2)4(7)8-3(5)6;3-1(4)7-2(5)6/h3-7H,1-2H3,(H5,13,14,15,16,17);1-5H,6-7H2,(H6,11,12,13,14,15);2*4H,1-3H3,(H3,7,8,9,10);2-4H2,1H3,(H6,7,8,9,10,11);1-2H3,(H5,5,6,7,8);(H7,3,4,5,6,7)/t;;2*4-;;;/m..10.../s1. The average molecular weight is 1160 g/mol. The summed E-state index contributed by atoms with van der Waals surface area (Å²) in [4.78, 5) is 44.6. The lowest BCUT2D eigenvalue weighted by Crippen LogP contribution is -2.47. The number of aliphatic imine (C=N–C) groups is 10. The minimum absolute atomic E-state index is 0.0732. The molecule has 4 rings (SSSR count). The molecule has 0 aromatic heterocycles. The zero-order valence-electron chi connectivity index (χ0n) is 48.2. The molecule has 35 N–H and O–H groups in total. The number of nitrogens with one attached hydrogen (secondary N) is 9. The monoisotopic (exact) mass is 1160 g/mol. The highest BCUT2D eigenvalue weighted by atomic mass is 35.5. The first-order valence-electron chi connectivity index (χ1n) is 24.2. The number of hydrogen-bond donors (Lipinski definition) is 22. The van der Waals surface area contributed by atoms with E-state index in [4.69, 9.17) is 108 Å². The van der Waals surface area contributed by atoms with Crippen LogP contribution in [0.1, 0.15) is 53.0 Å². The molecule has 0 spiro atoms. The molecule has 0 radical (unpaired) electrons. The van der Waals surface area contributed by atoms with Crippen LogP contribution in [0.2, 0.25) is 5.02 Å². The van der Waals surface area contributed by atoms with Gasteiger partial charge >= 0.3 is 0 Å².